The first-order valence-corrected chi connectivity index (χ1v) is 9.14. The number of aromatic nitrogens is 1. The van der Waals surface area contributed by atoms with Crippen molar-refractivity contribution in [3.05, 3.63) is 39.6 Å². The molecule has 1 heterocycles. The van der Waals surface area contributed by atoms with Crippen molar-refractivity contribution in [2.75, 3.05) is 20.5 Å². The van der Waals surface area contributed by atoms with Gasteiger partial charge in [0.2, 0.25) is 0 Å². The molecule has 0 amide bonds. The van der Waals surface area contributed by atoms with E-state index in [4.69, 9.17) is 37.2 Å². The van der Waals surface area contributed by atoms with Crippen LogP contribution in [-0.4, -0.2) is 31.4 Å². The zero-order valence-corrected chi connectivity index (χ0v) is 15.6. The predicted octanol–water partition coefficient (Wildman–Crippen LogP) is 4.47. The predicted molar refractivity (Wildman–Crippen MR) is 93.5 cm³/mol. The first-order chi connectivity index (χ1) is 11.5. The average molecular weight is 388 g/mol. The number of thioether (sulfide) groups is 1. The van der Waals surface area contributed by atoms with Crippen LogP contribution in [-0.2, 0) is 20.1 Å². The Bertz CT molecular complexity index is 788. The lowest BCUT2D eigenvalue weighted by atomic mass is 9.86. The van der Waals surface area contributed by atoms with E-state index in [1.807, 2.05) is 6.26 Å². The molecule has 128 valence electrons. The largest absolute Gasteiger partial charge is 0.359 e. The average Bonchev–Trinajstić information content (AvgIpc) is 3.00. The van der Waals surface area contributed by atoms with Gasteiger partial charge in [0.05, 0.1) is 15.8 Å². The van der Waals surface area contributed by atoms with E-state index in [-0.39, 0.29) is 17.5 Å². The minimum Gasteiger partial charge on any atom is -0.359 e. The first kappa shape index (κ1) is 17.8. The van der Waals surface area contributed by atoms with Crippen LogP contribution in [0.1, 0.15) is 23.0 Å². The van der Waals surface area contributed by atoms with Crippen molar-refractivity contribution in [3.8, 4) is 11.3 Å². The van der Waals surface area contributed by atoms with Crippen LogP contribution in [0.2, 0.25) is 10.0 Å². The maximum atomic E-state index is 12.7. The van der Waals surface area contributed by atoms with E-state index in [0.29, 0.717) is 32.6 Å². The number of carbonyl (C=O) groups excluding carboxylic acids is 1. The molecular formula is C16H15Cl2NO4S. The van der Waals surface area contributed by atoms with Gasteiger partial charge in [-0.05, 0) is 24.5 Å². The minimum absolute atomic E-state index is 0.154. The number of methoxy groups -OCH3 is 2. The van der Waals surface area contributed by atoms with Gasteiger partial charge in [-0.3, -0.25) is 4.79 Å². The maximum Gasteiger partial charge on any atom is 0.261 e. The van der Waals surface area contributed by atoms with Crippen molar-refractivity contribution in [2.24, 2.45) is 0 Å². The molecule has 1 aliphatic rings. The third-order valence-electron chi connectivity index (χ3n) is 4.12. The van der Waals surface area contributed by atoms with E-state index in [9.17, 15) is 4.79 Å². The molecule has 0 saturated carbocycles. The SMILES string of the molecule is COC1(OC)C(=O)CC(SC)c2onc(-c3ccc(Cl)cc3Cl)c21. The summed E-state index contributed by atoms with van der Waals surface area (Å²) in [5.74, 6) is -1.18. The van der Waals surface area contributed by atoms with Crippen molar-refractivity contribution >= 4 is 40.7 Å². The zero-order chi connectivity index (χ0) is 17.5. The number of ketones is 1. The fraction of sp³-hybridized carbons (Fsp3) is 0.375. The third-order valence-corrected chi connectivity index (χ3v) is 5.62. The van der Waals surface area contributed by atoms with Crippen LogP contribution in [0.3, 0.4) is 0 Å². The molecule has 0 N–H and O–H groups in total. The summed E-state index contributed by atoms with van der Waals surface area (Å²) in [7, 11) is 2.84. The number of halogens is 2. The Morgan fingerprint density at radius 1 is 1.33 bits per heavy atom. The molecule has 1 atom stereocenters. The number of fused-ring (bicyclic) bond motifs is 1. The molecule has 0 bridgehead atoms. The standard InChI is InChI=1S/C16H15Cl2NO4S/c1-21-16(22-2)12(20)7-11(24-3)15-13(16)14(19-23-15)9-5-4-8(17)6-10(9)18/h4-6,11H,7H2,1-3H3. The molecule has 1 aromatic heterocycles. The molecule has 1 unspecified atom stereocenters. The molecule has 0 radical (unpaired) electrons. The second-order valence-electron chi connectivity index (χ2n) is 5.27. The summed E-state index contributed by atoms with van der Waals surface area (Å²) in [6.45, 7) is 0. The van der Waals surface area contributed by atoms with Crippen LogP contribution in [0.5, 0.6) is 0 Å². The van der Waals surface area contributed by atoms with Crippen LogP contribution < -0.4 is 0 Å². The fourth-order valence-corrected chi connectivity index (χ4v) is 4.14. The highest BCUT2D eigenvalue weighted by atomic mass is 35.5. The van der Waals surface area contributed by atoms with Gasteiger partial charge in [0.1, 0.15) is 5.69 Å². The van der Waals surface area contributed by atoms with Crippen LogP contribution in [0, 0.1) is 0 Å². The summed E-state index contributed by atoms with van der Waals surface area (Å²) in [6, 6.07) is 5.03. The molecule has 2 aromatic rings. The van der Waals surface area contributed by atoms with E-state index in [1.165, 1.54) is 26.0 Å². The van der Waals surface area contributed by atoms with Gasteiger partial charge in [-0.25, -0.2) is 0 Å². The fourth-order valence-electron chi connectivity index (χ4n) is 2.95. The smallest absolute Gasteiger partial charge is 0.261 e. The molecule has 5 nitrogen and oxygen atoms in total. The molecule has 24 heavy (non-hydrogen) atoms. The highest BCUT2D eigenvalue weighted by molar-refractivity contribution is 7.98. The van der Waals surface area contributed by atoms with Gasteiger partial charge in [0.15, 0.2) is 11.5 Å². The lowest BCUT2D eigenvalue weighted by Gasteiger charge is -2.34. The van der Waals surface area contributed by atoms with Gasteiger partial charge in [-0.2, -0.15) is 11.8 Å². The van der Waals surface area contributed by atoms with Gasteiger partial charge in [0.25, 0.3) is 5.79 Å². The Labute approximate surface area is 153 Å². The molecule has 3 rings (SSSR count). The van der Waals surface area contributed by atoms with E-state index >= 15 is 0 Å². The van der Waals surface area contributed by atoms with Gasteiger partial charge in [0, 0.05) is 31.2 Å². The summed E-state index contributed by atoms with van der Waals surface area (Å²) in [5, 5.41) is 4.90. The van der Waals surface area contributed by atoms with Gasteiger partial charge in [-0.1, -0.05) is 28.4 Å². The molecular weight excluding hydrogens is 373 g/mol. The number of carbonyl (C=O) groups is 1. The van der Waals surface area contributed by atoms with E-state index in [0.717, 1.165) is 0 Å². The third kappa shape index (κ3) is 2.57. The molecule has 0 aliphatic heterocycles. The lowest BCUT2D eigenvalue weighted by molar-refractivity contribution is -0.216. The quantitative estimate of drug-likeness (QED) is 0.721. The Morgan fingerprint density at radius 2 is 2.04 bits per heavy atom. The molecule has 0 fully saturated rings. The number of Topliss-reactive ketones (excluding diaryl/α,β-unsaturated/α-hetero) is 1. The van der Waals surface area contributed by atoms with Crippen molar-refractivity contribution in [1.82, 2.24) is 5.16 Å². The molecule has 1 aliphatic carbocycles. The zero-order valence-electron chi connectivity index (χ0n) is 13.3. The van der Waals surface area contributed by atoms with E-state index < -0.39 is 5.79 Å². The second kappa shape index (κ2) is 6.69. The van der Waals surface area contributed by atoms with Crippen LogP contribution in [0.15, 0.2) is 22.7 Å². The van der Waals surface area contributed by atoms with Crippen molar-refractivity contribution < 1.29 is 18.8 Å². The van der Waals surface area contributed by atoms with Crippen molar-refractivity contribution in [3.63, 3.8) is 0 Å². The normalized spacial score (nSPS) is 19.4. The summed E-state index contributed by atoms with van der Waals surface area (Å²) in [4.78, 5) is 12.7. The topological polar surface area (TPSA) is 61.6 Å². The molecule has 1 aromatic carbocycles. The van der Waals surface area contributed by atoms with Gasteiger partial charge < -0.3 is 14.0 Å². The lowest BCUT2D eigenvalue weighted by Crippen LogP contribution is -2.44. The summed E-state index contributed by atoms with van der Waals surface area (Å²) >= 11 is 13.8. The number of nitrogens with zero attached hydrogens (tertiary/aromatic N) is 1. The number of hydrogen-bond acceptors (Lipinski definition) is 6. The Kier molecular flexibility index (Phi) is 4.95. The van der Waals surface area contributed by atoms with Gasteiger partial charge >= 0.3 is 0 Å². The summed E-state index contributed by atoms with van der Waals surface area (Å²) in [5.41, 5.74) is 1.48. The maximum absolute atomic E-state index is 12.7. The van der Waals surface area contributed by atoms with Crippen LogP contribution >= 0.6 is 35.0 Å². The summed E-state index contributed by atoms with van der Waals surface area (Å²) in [6.07, 6.45) is 2.14. The van der Waals surface area contributed by atoms with Gasteiger partial charge in [-0.15, -0.1) is 0 Å². The highest BCUT2D eigenvalue weighted by Crippen LogP contribution is 2.50. The van der Waals surface area contributed by atoms with Crippen molar-refractivity contribution in [1.29, 1.82) is 0 Å². The Balaban J connectivity index is 2.29. The molecule has 0 saturated heterocycles. The number of rotatable bonds is 4. The molecule has 0 spiro atoms. The Morgan fingerprint density at radius 3 is 2.62 bits per heavy atom. The number of hydrogen-bond donors (Lipinski definition) is 0. The van der Waals surface area contributed by atoms with Crippen molar-refractivity contribution in [2.45, 2.75) is 17.5 Å². The van der Waals surface area contributed by atoms with Crippen LogP contribution in [0.4, 0.5) is 0 Å². The minimum atomic E-state index is -1.56. The first-order valence-electron chi connectivity index (χ1n) is 7.10. The van der Waals surface area contributed by atoms with E-state index in [1.54, 1.807) is 18.2 Å². The second-order valence-corrected chi connectivity index (χ2v) is 7.16. The molecule has 8 heteroatoms. The Hall–Kier alpha value is -1.05. The number of ether oxygens (including phenoxy) is 2. The monoisotopic (exact) mass is 387 g/mol. The van der Waals surface area contributed by atoms with E-state index in [2.05, 4.69) is 5.16 Å². The summed E-state index contributed by atoms with van der Waals surface area (Å²) < 4.78 is 16.5. The number of benzene rings is 1. The van der Waals surface area contributed by atoms with Crippen LogP contribution in [0.25, 0.3) is 11.3 Å². The highest BCUT2D eigenvalue weighted by Gasteiger charge is 2.52.